The van der Waals surface area contributed by atoms with Crippen molar-refractivity contribution in [3.8, 4) is 0 Å². The molecule has 1 atom stereocenters. The second-order valence-electron chi connectivity index (χ2n) is 4.84. The van der Waals surface area contributed by atoms with Crippen molar-refractivity contribution in [3.05, 3.63) is 30.3 Å². The Balaban J connectivity index is 1.88. The number of sulfone groups is 1. The molecule has 1 fully saturated rings. The number of hydrogen-bond acceptors (Lipinski definition) is 3. The quantitative estimate of drug-likeness (QED) is 0.645. The summed E-state index contributed by atoms with van der Waals surface area (Å²) in [6, 6.07) is 9.53. The summed E-state index contributed by atoms with van der Waals surface area (Å²) < 4.78 is 23.0. The minimum absolute atomic E-state index is 0.0925. The summed E-state index contributed by atoms with van der Waals surface area (Å²) in [7, 11) is -2.87. The Hall–Kier alpha value is -1.56. The van der Waals surface area contributed by atoms with Gasteiger partial charge in [0.25, 0.3) is 0 Å². The molecular weight excluding hydrogens is 262 g/mol. The van der Waals surface area contributed by atoms with E-state index in [0.717, 1.165) is 18.5 Å². The molecule has 3 N–H and O–H groups in total. The van der Waals surface area contributed by atoms with Crippen molar-refractivity contribution in [1.82, 2.24) is 0 Å². The van der Waals surface area contributed by atoms with Crippen LogP contribution in [0.1, 0.15) is 12.8 Å². The van der Waals surface area contributed by atoms with Gasteiger partial charge in [0.05, 0.1) is 11.5 Å². The largest absolute Gasteiger partial charge is 0.370 e. The van der Waals surface area contributed by atoms with Gasteiger partial charge in [0.15, 0.2) is 15.8 Å². The van der Waals surface area contributed by atoms with Gasteiger partial charge in [0.1, 0.15) is 0 Å². The van der Waals surface area contributed by atoms with Crippen molar-refractivity contribution < 1.29 is 8.42 Å². The lowest BCUT2D eigenvalue weighted by molar-refractivity contribution is 0.494. The maximum absolute atomic E-state index is 11.5. The summed E-state index contributed by atoms with van der Waals surface area (Å²) >= 11 is 0. The van der Waals surface area contributed by atoms with E-state index in [1.807, 2.05) is 30.3 Å². The number of rotatable bonds is 3. The molecule has 0 spiro atoms. The molecule has 1 saturated heterocycles. The van der Waals surface area contributed by atoms with E-state index in [9.17, 15) is 8.42 Å². The first-order chi connectivity index (χ1) is 9.05. The molecule has 0 saturated carbocycles. The van der Waals surface area contributed by atoms with Crippen molar-refractivity contribution in [2.24, 2.45) is 16.6 Å². The first kappa shape index (κ1) is 13.9. The third-order valence-corrected chi connectivity index (χ3v) is 5.01. The van der Waals surface area contributed by atoms with E-state index < -0.39 is 9.84 Å². The summed E-state index contributed by atoms with van der Waals surface area (Å²) in [6.07, 6.45) is 1.63. The van der Waals surface area contributed by atoms with Gasteiger partial charge in [0.2, 0.25) is 0 Å². The Morgan fingerprint density at radius 3 is 2.79 bits per heavy atom. The van der Waals surface area contributed by atoms with Gasteiger partial charge in [-0.25, -0.2) is 8.42 Å². The highest BCUT2D eigenvalue weighted by atomic mass is 32.2. The molecule has 104 valence electrons. The molecule has 1 aliphatic heterocycles. The van der Waals surface area contributed by atoms with Crippen LogP contribution in [0, 0.1) is 5.92 Å². The summed E-state index contributed by atoms with van der Waals surface area (Å²) in [5, 5.41) is 2.98. The van der Waals surface area contributed by atoms with Crippen LogP contribution < -0.4 is 11.1 Å². The number of hydrogen-bond donors (Lipinski definition) is 2. The minimum Gasteiger partial charge on any atom is -0.370 e. The van der Waals surface area contributed by atoms with Gasteiger partial charge in [-0.2, -0.15) is 0 Å². The third-order valence-electron chi connectivity index (χ3n) is 3.12. The van der Waals surface area contributed by atoms with Crippen LogP contribution in [0.4, 0.5) is 5.69 Å². The Bertz CT molecular complexity index is 540. The first-order valence-electron chi connectivity index (χ1n) is 6.37. The van der Waals surface area contributed by atoms with E-state index in [1.54, 1.807) is 0 Å². The fourth-order valence-corrected chi connectivity index (χ4v) is 3.96. The topological polar surface area (TPSA) is 84.5 Å². The maximum atomic E-state index is 11.5. The van der Waals surface area contributed by atoms with Gasteiger partial charge in [-0.05, 0) is 30.9 Å². The molecule has 1 aromatic carbocycles. The normalized spacial score (nSPS) is 22.9. The fourth-order valence-electron chi connectivity index (χ4n) is 2.20. The lowest BCUT2D eigenvalue weighted by Crippen LogP contribution is -2.29. The molecule has 1 heterocycles. The highest BCUT2D eigenvalue weighted by Crippen LogP contribution is 2.18. The van der Waals surface area contributed by atoms with Crippen molar-refractivity contribution in [2.45, 2.75) is 12.8 Å². The second-order valence-corrected chi connectivity index (χ2v) is 7.07. The van der Waals surface area contributed by atoms with Gasteiger partial charge in [-0.3, -0.25) is 4.99 Å². The fraction of sp³-hybridized carbons (Fsp3) is 0.462. The smallest absolute Gasteiger partial charge is 0.193 e. The van der Waals surface area contributed by atoms with Crippen molar-refractivity contribution in [2.75, 3.05) is 23.4 Å². The predicted molar refractivity (Wildman–Crippen MR) is 77.9 cm³/mol. The number of anilines is 1. The SMILES string of the molecule is NC(=NCC1CCCS(=O)(=O)C1)Nc1ccccc1. The standard InChI is InChI=1S/C13H19N3O2S/c14-13(16-12-6-2-1-3-7-12)15-9-11-5-4-8-19(17,18)10-11/h1-3,6-7,11H,4-5,8-10H2,(H3,14,15,16). The molecule has 19 heavy (non-hydrogen) atoms. The second kappa shape index (κ2) is 6.06. The van der Waals surface area contributed by atoms with E-state index in [-0.39, 0.29) is 11.7 Å². The van der Waals surface area contributed by atoms with Crippen LogP contribution in [-0.2, 0) is 9.84 Å². The summed E-state index contributed by atoms with van der Waals surface area (Å²) in [4.78, 5) is 4.23. The zero-order valence-corrected chi connectivity index (χ0v) is 11.6. The molecule has 0 aromatic heterocycles. The van der Waals surface area contributed by atoms with E-state index in [2.05, 4.69) is 10.3 Å². The Morgan fingerprint density at radius 1 is 1.37 bits per heavy atom. The van der Waals surface area contributed by atoms with Crippen molar-refractivity contribution in [1.29, 1.82) is 0 Å². The number of nitrogens with one attached hydrogen (secondary N) is 1. The molecule has 1 aromatic rings. The highest BCUT2D eigenvalue weighted by Gasteiger charge is 2.24. The number of nitrogens with two attached hydrogens (primary N) is 1. The molecule has 0 radical (unpaired) electrons. The monoisotopic (exact) mass is 281 g/mol. The maximum Gasteiger partial charge on any atom is 0.193 e. The van der Waals surface area contributed by atoms with E-state index in [4.69, 9.17) is 5.73 Å². The number of nitrogens with zero attached hydrogens (tertiary/aromatic N) is 1. The Labute approximate surface area is 113 Å². The summed E-state index contributed by atoms with van der Waals surface area (Å²) in [5.74, 6) is 0.962. The minimum atomic E-state index is -2.87. The van der Waals surface area contributed by atoms with Gasteiger partial charge in [-0.15, -0.1) is 0 Å². The first-order valence-corrected chi connectivity index (χ1v) is 8.20. The predicted octanol–water partition coefficient (Wildman–Crippen LogP) is 1.24. The van der Waals surface area contributed by atoms with Crippen LogP contribution in [0.15, 0.2) is 35.3 Å². The van der Waals surface area contributed by atoms with Crippen LogP contribution in [-0.4, -0.2) is 32.4 Å². The lowest BCUT2D eigenvalue weighted by atomic mass is 10.1. The molecule has 0 bridgehead atoms. The Morgan fingerprint density at radius 2 is 2.11 bits per heavy atom. The average Bonchev–Trinajstić information content (AvgIpc) is 2.36. The summed E-state index contributed by atoms with van der Waals surface area (Å²) in [6.45, 7) is 0.463. The summed E-state index contributed by atoms with van der Waals surface area (Å²) in [5.41, 5.74) is 6.65. The molecule has 6 heteroatoms. The Kier molecular flexibility index (Phi) is 4.42. The third kappa shape index (κ3) is 4.55. The van der Waals surface area contributed by atoms with Crippen molar-refractivity contribution in [3.63, 3.8) is 0 Å². The molecule has 5 nitrogen and oxygen atoms in total. The zero-order chi connectivity index (χ0) is 13.7. The number of benzene rings is 1. The molecule has 2 rings (SSSR count). The lowest BCUT2D eigenvalue weighted by Gasteiger charge is -2.20. The van der Waals surface area contributed by atoms with Crippen LogP contribution in [0.3, 0.4) is 0 Å². The average molecular weight is 281 g/mol. The molecule has 1 aliphatic rings. The molecular formula is C13H19N3O2S. The highest BCUT2D eigenvalue weighted by molar-refractivity contribution is 7.91. The molecule has 0 amide bonds. The van der Waals surface area contributed by atoms with Crippen LogP contribution in [0.25, 0.3) is 0 Å². The van der Waals surface area contributed by atoms with E-state index in [1.165, 1.54) is 0 Å². The van der Waals surface area contributed by atoms with Gasteiger partial charge >= 0.3 is 0 Å². The van der Waals surface area contributed by atoms with Crippen LogP contribution in [0.5, 0.6) is 0 Å². The molecule has 0 aliphatic carbocycles. The zero-order valence-electron chi connectivity index (χ0n) is 10.7. The van der Waals surface area contributed by atoms with Crippen LogP contribution >= 0.6 is 0 Å². The van der Waals surface area contributed by atoms with Gasteiger partial charge in [0, 0.05) is 12.2 Å². The number of guanidine groups is 1. The van der Waals surface area contributed by atoms with Crippen LogP contribution in [0.2, 0.25) is 0 Å². The molecule has 1 unspecified atom stereocenters. The van der Waals surface area contributed by atoms with E-state index >= 15 is 0 Å². The number of aliphatic imine (C=N–C) groups is 1. The number of para-hydroxylation sites is 1. The van der Waals surface area contributed by atoms with E-state index in [0.29, 0.717) is 18.3 Å². The van der Waals surface area contributed by atoms with Gasteiger partial charge in [-0.1, -0.05) is 18.2 Å². The van der Waals surface area contributed by atoms with Crippen molar-refractivity contribution >= 4 is 21.5 Å². The van der Waals surface area contributed by atoms with Gasteiger partial charge < -0.3 is 11.1 Å².